The first kappa shape index (κ1) is 21.0. The van der Waals surface area contributed by atoms with E-state index >= 15 is 0 Å². The number of carbonyl (C=O) groups excluding carboxylic acids is 2. The molecule has 6 nitrogen and oxygen atoms in total. The summed E-state index contributed by atoms with van der Waals surface area (Å²) in [4.78, 5) is 29.4. The summed E-state index contributed by atoms with van der Waals surface area (Å²) in [6, 6.07) is 2.38. The molecule has 0 saturated carbocycles. The predicted octanol–water partition coefficient (Wildman–Crippen LogP) is 2.49. The van der Waals surface area contributed by atoms with Gasteiger partial charge in [0.05, 0.1) is 16.4 Å². The summed E-state index contributed by atoms with van der Waals surface area (Å²) in [6.07, 6.45) is -3.76. The zero-order chi connectivity index (χ0) is 20.4. The van der Waals surface area contributed by atoms with Gasteiger partial charge in [-0.05, 0) is 32.8 Å². The average molecular weight is 400 g/mol. The maximum atomic E-state index is 13.2. The Bertz CT molecular complexity index is 784. The highest BCUT2D eigenvalue weighted by Gasteiger charge is 2.36. The van der Waals surface area contributed by atoms with Crippen molar-refractivity contribution in [2.45, 2.75) is 43.1 Å². The number of aromatic nitrogens is 1. The Balaban J connectivity index is 2.17. The Labute approximate surface area is 158 Å². The number of alkyl halides is 3. The number of nitrogens with two attached hydrogens (primary N) is 1. The van der Waals surface area contributed by atoms with E-state index in [2.05, 4.69) is 4.98 Å². The van der Waals surface area contributed by atoms with Gasteiger partial charge in [-0.25, -0.2) is 4.98 Å². The van der Waals surface area contributed by atoms with E-state index in [0.717, 1.165) is 17.8 Å². The first-order valence-corrected chi connectivity index (χ1v) is 9.16. The first-order valence-electron chi connectivity index (χ1n) is 8.28. The third-order valence-corrected chi connectivity index (χ3v) is 5.45. The van der Waals surface area contributed by atoms with Crippen molar-refractivity contribution in [2.75, 3.05) is 13.1 Å². The molecule has 2 N–H and O–H groups in total. The van der Waals surface area contributed by atoms with Gasteiger partial charge in [0, 0.05) is 24.7 Å². The fourth-order valence-corrected chi connectivity index (χ4v) is 3.98. The lowest BCUT2D eigenvalue weighted by atomic mass is 9.96. The van der Waals surface area contributed by atoms with Gasteiger partial charge >= 0.3 is 6.18 Å². The zero-order valence-corrected chi connectivity index (χ0v) is 15.7. The van der Waals surface area contributed by atoms with Crippen molar-refractivity contribution >= 4 is 23.6 Å². The van der Waals surface area contributed by atoms with Gasteiger partial charge in [-0.2, -0.15) is 18.4 Å². The maximum Gasteiger partial charge on any atom is 0.417 e. The number of thioether (sulfide) groups is 1. The van der Waals surface area contributed by atoms with Gasteiger partial charge in [0.15, 0.2) is 0 Å². The van der Waals surface area contributed by atoms with Crippen LogP contribution in [0.1, 0.15) is 36.6 Å². The van der Waals surface area contributed by atoms with Crippen LogP contribution in [0.25, 0.3) is 0 Å². The number of piperidine rings is 1. The van der Waals surface area contributed by atoms with Crippen molar-refractivity contribution in [1.82, 2.24) is 9.88 Å². The van der Waals surface area contributed by atoms with Gasteiger partial charge in [-0.15, -0.1) is 0 Å². The Morgan fingerprint density at radius 1 is 1.41 bits per heavy atom. The van der Waals surface area contributed by atoms with Crippen molar-refractivity contribution in [3.05, 3.63) is 22.9 Å². The van der Waals surface area contributed by atoms with E-state index in [1.54, 1.807) is 17.9 Å². The number of nitrogens with zero attached hydrogens (tertiary/aromatic N) is 3. The molecule has 1 atom stereocenters. The minimum atomic E-state index is -4.68. The first-order chi connectivity index (χ1) is 12.5. The van der Waals surface area contributed by atoms with E-state index in [9.17, 15) is 28.0 Å². The Morgan fingerprint density at radius 2 is 2.00 bits per heavy atom. The fraction of sp³-hybridized carbons (Fsp3) is 0.529. The van der Waals surface area contributed by atoms with Gasteiger partial charge in [-0.3, -0.25) is 9.59 Å². The molecule has 1 aromatic heterocycles. The van der Waals surface area contributed by atoms with Crippen molar-refractivity contribution < 1.29 is 22.8 Å². The number of rotatable bonds is 4. The largest absolute Gasteiger partial charge is 0.417 e. The van der Waals surface area contributed by atoms with Gasteiger partial charge in [-0.1, -0.05) is 11.8 Å². The van der Waals surface area contributed by atoms with E-state index in [4.69, 9.17) is 5.73 Å². The Kier molecular flexibility index (Phi) is 6.36. The smallest absolute Gasteiger partial charge is 0.369 e. The fourth-order valence-electron chi connectivity index (χ4n) is 2.92. The van der Waals surface area contributed by atoms with Crippen molar-refractivity contribution in [2.24, 2.45) is 11.7 Å². The molecule has 1 aliphatic rings. The molecule has 2 heterocycles. The molecule has 1 unspecified atom stereocenters. The Morgan fingerprint density at radius 3 is 2.48 bits per heavy atom. The van der Waals surface area contributed by atoms with E-state index < -0.39 is 28.5 Å². The summed E-state index contributed by atoms with van der Waals surface area (Å²) < 4.78 is 39.5. The lowest BCUT2D eigenvalue weighted by Crippen LogP contribution is -2.44. The molecule has 1 aliphatic heterocycles. The highest BCUT2D eigenvalue weighted by molar-refractivity contribution is 8.00. The molecular formula is C17H19F3N4O2S. The minimum Gasteiger partial charge on any atom is -0.369 e. The maximum absolute atomic E-state index is 13.2. The highest BCUT2D eigenvalue weighted by atomic mass is 32.2. The van der Waals surface area contributed by atoms with Crippen LogP contribution in [0.2, 0.25) is 0 Å². The molecule has 1 fully saturated rings. The van der Waals surface area contributed by atoms with Crippen LogP contribution in [-0.2, 0) is 15.8 Å². The molecule has 2 amide bonds. The molecular weight excluding hydrogens is 381 g/mol. The average Bonchev–Trinajstić information content (AvgIpc) is 2.59. The normalized spacial score (nSPS) is 16.7. The van der Waals surface area contributed by atoms with Gasteiger partial charge in [0.25, 0.3) is 0 Å². The van der Waals surface area contributed by atoms with Crippen molar-refractivity contribution in [3.8, 4) is 6.07 Å². The molecule has 1 saturated heterocycles. The zero-order valence-electron chi connectivity index (χ0n) is 14.8. The number of pyridine rings is 1. The SMILES string of the molecule is Cc1cc(C(F)(F)F)c(C#N)c(SC(C)C(=O)N2CCC(C(N)=O)CC2)n1. The number of carbonyl (C=O) groups is 2. The summed E-state index contributed by atoms with van der Waals surface area (Å²) in [5.74, 6) is -0.939. The molecule has 1 aromatic rings. The highest BCUT2D eigenvalue weighted by Crippen LogP contribution is 2.37. The summed E-state index contributed by atoms with van der Waals surface area (Å²) in [6.45, 7) is 3.68. The molecule has 0 spiro atoms. The molecule has 0 aromatic carbocycles. The van der Waals surface area contributed by atoms with Crippen LogP contribution in [0.4, 0.5) is 13.2 Å². The molecule has 27 heavy (non-hydrogen) atoms. The second-order valence-corrected chi connectivity index (χ2v) is 7.69. The van der Waals surface area contributed by atoms with Gasteiger partial charge in [0.1, 0.15) is 11.1 Å². The van der Waals surface area contributed by atoms with E-state index in [1.165, 1.54) is 6.92 Å². The number of halogens is 3. The third-order valence-electron chi connectivity index (χ3n) is 4.38. The topological polar surface area (TPSA) is 100 Å². The second-order valence-electron chi connectivity index (χ2n) is 6.36. The van der Waals surface area contributed by atoms with Crippen molar-refractivity contribution in [1.29, 1.82) is 5.26 Å². The number of amides is 2. The number of likely N-dealkylation sites (tertiary alicyclic amines) is 1. The Hall–Kier alpha value is -2.28. The van der Waals surface area contributed by atoms with Crippen LogP contribution >= 0.6 is 11.8 Å². The lowest BCUT2D eigenvalue weighted by molar-refractivity contribution is -0.138. The summed E-state index contributed by atoms with van der Waals surface area (Å²) >= 11 is 0.832. The van der Waals surface area contributed by atoms with Crippen molar-refractivity contribution in [3.63, 3.8) is 0 Å². The van der Waals surface area contributed by atoms with Gasteiger partial charge < -0.3 is 10.6 Å². The molecule has 146 valence electrons. The number of hydrogen-bond acceptors (Lipinski definition) is 5. The summed E-state index contributed by atoms with van der Waals surface area (Å²) in [5, 5.41) is 8.35. The number of primary amides is 1. The predicted molar refractivity (Wildman–Crippen MR) is 92.5 cm³/mol. The van der Waals surface area contributed by atoms with Gasteiger partial charge in [0.2, 0.25) is 11.8 Å². The van der Waals surface area contributed by atoms with E-state index in [0.29, 0.717) is 25.9 Å². The molecule has 10 heteroatoms. The molecule has 0 bridgehead atoms. The number of nitriles is 1. The quantitative estimate of drug-likeness (QED) is 0.783. The minimum absolute atomic E-state index is 0.113. The molecule has 0 aliphatic carbocycles. The van der Waals surface area contributed by atoms with Crippen LogP contribution in [0.3, 0.4) is 0 Å². The van der Waals surface area contributed by atoms with Crippen LogP contribution in [0.15, 0.2) is 11.1 Å². The van der Waals surface area contributed by atoms with Crippen LogP contribution in [-0.4, -0.2) is 40.0 Å². The molecule has 0 radical (unpaired) electrons. The van der Waals surface area contributed by atoms with Crippen LogP contribution < -0.4 is 5.73 Å². The number of hydrogen-bond donors (Lipinski definition) is 1. The lowest BCUT2D eigenvalue weighted by Gasteiger charge is -2.32. The van der Waals surface area contributed by atoms with E-state index in [1.807, 2.05) is 0 Å². The van der Waals surface area contributed by atoms with E-state index in [-0.39, 0.29) is 22.5 Å². The summed E-state index contributed by atoms with van der Waals surface area (Å²) in [7, 11) is 0. The third kappa shape index (κ3) is 4.91. The monoisotopic (exact) mass is 400 g/mol. The summed E-state index contributed by atoms with van der Waals surface area (Å²) in [5.41, 5.74) is 3.75. The number of aryl methyl sites for hydroxylation is 1. The standard InChI is InChI=1S/C17H19F3N4O2S/c1-9-7-13(17(18,19)20)12(8-21)15(23-9)27-10(2)16(26)24-5-3-11(4-6-24)14(22)25/h7,10-11H,3-6H2,1-2H3,(H2,22,25). The van der Waals surface area contributed by atoms with Crippen LogP contribution in [0.5, 0.6) is 0 Å². The van der Waals surface area contributed by atoms with Crippen LogP contribution in [0, 0.1) is 24.2 Å². The molecule has 2 rings (SSSR count). The second kappa shape index (κ2) is 8.17.